The minimum Gasteiger partial charge on any atom is -0.298 e. The Morgan fingerprint density at radius 1 is 1.26 bits per heavy atom. The maximum Gasteiger partial charge on any atom is 0.258 e. The fourth-order valence-corrected chi connectivity index (χ4v) is 3.76. The van der Waals surface area contributed by atoms with E-state index in [2.05, 4.69) is 33.5 Å². The topological polar surface area (TPSA) is 72.2 Å². The summed E-state index contributed by atoms with van der Waals surface area (Å²) >= 11 is 3.10. The highest BCUT2D eigenvalue weighted by atomic mass is 32.1. The summed E-state index contributed by atoms with van der Waals surface area (Å²) in [5, 5.41) is 13.1. The molecule has 0 bridgehead atoms. The molecule has 114 valence electrons. The second kappa shape index (κ2) is 5.56. The zero-order valence-corrected chi connectivity index (χ0v) is 13.7. The zero-order valence-electron chi connectivity index (χ0n) is 12.1. The molecule has 4 rings (SSSR count). The van der Waals surface area contributed by atoms with Gasteiger partial charge >= 0.3 is 0 Å². The molecule has 0 radical (unpaired) electrons. The van der Waals surface area contributed by atoms with Crippen LogP contribution in [0.1, 0.15) is 15.2 Å². The van der Waals surface area contributed by atoms with Crippen molar-refractivity contribution in [3.63, 3.8) is 0 Å². The van der Waals surface area contributed by atoms with E-state index in [4.69, 9.17) is 0 Å². The molecule has 8 heteroatoms. The van der Waals surface area contributed by atoms with Crippen LogP contribution in [0.3, 0.4) is 0 Å². The maximum absolute atomic E-state index is 12.3. The van der Waals surface area contributed by atoms with Gasteiger partial charge in [-0.05, 0) is 31.2 Å². The highest BCUT2D eigenvalue weighted by Gasteiger charge is 2.11. The van der Waals surface area contributed by atoms with Crippen molar-refractivity contribution in [1.29, 1.82) is 0 Å². The van der Waals surface area contributed by atoms with E-state index in [9.17, 15) is 4.79 Å². The highest BCUT2D eigenvalue weighted by molar-refractivity contribution is 7.17. The molecule has 23 heavy (non-hydrogen) atoms. The van der Waals surface area contributed by atoms with Gasteiger partial charge in [-0.2, -0.15) is 0 Å². The first-order valence-electron chi connectivity index (χ1n) is 6.82. The predicted octanol–water partition coefficient (Wildman–Crippen LogP) is 3.48. The maximum atomic E-state index is 12.3. The van der Waals surface area contributed by atoms with Gasteiger partial charge in [0.25, 0.3) is 5.91 Å². The number of pyridine rings is 1. The van der Waals surface area contributed by atoms with E-state index in [1.165, 1.54) is 16.2 Å². The summed E-state index contributed by atoms with van der Waals surface area (Å²) < 4.78 is 1.70. The monoisotopic (exact) mass is 341 g/mol. The van der Waals surface area contributed by atoms with Crippen molar-refractivity contribution in [2.24, 2.45) is 0 Å². The number of rotatable bonds is 3. The van der Waals surface area contributed by atoms with Crippen LogP contribution in [0.25, 0.3) is 16.2 Å². The minimum atomic E-state index is -0.205. The second-order valence-electron chi connectivity index (χ2n) is 4.92. The molecule has 0 unspecified atom stereocenters. The fourth-order valence-electron chi connectivity index (χ4n) is 2.15. The number of thiazole rings is 1. The summed E-state index contributed by atoms with van der Waals surface area (Å²) in [5.74, 6) is -0.205. The van der Waals surface area contributed by atoms with Gasteiger partial charge in [-0.3, -0.25) is 14.5 Å². The predicted molar refractivity (Wildman–Crippen MR) is 91.1 cm³/mol. The molecule has 1 N–H and O–H groups in total. The van der Waals surface area contributed by atoms with Crippen LogP contribution < -0.4 is 5.32 Å². The standard InChI is InChI=1S/C15H11N5OS2/c1-9-2-4-12(23-9)11-7-22-15(17-11)18-14(21)10-3-5-13-19-16-8-20(13)6-10/h2-8H,1H3,(H,17,18,21). The van der Waals surface area contributed by atoms with Gasteiger partial charge in [0.05, 0.1) is 16.1 Å². The summed E-state index contributed by atoms with van der Waals surface area (Å²) in [7, 11) is 0. The molecule has 0 saturated heterocycles. The number of anilines is 1. The summed E-state index contributed by atoms with van der Waals surface area (Å²) in [4.78, 5) is 19.1. The number of aryl methyl sites for hydroxylation is 1. The van der Waals surface area contributed by atoms with E-state index < -0.39 is 0 Å². The van der Waals surface area contributed by atoms with Crippen LogP contribution in [0.4, 0.5) is 5.13 Å². The molecule has 0 aliphatic carbocycles. The number of thiophene rings is 1. The molecule has 0 fully saturated rings. The molecule has 0 spiro atoms. The van der Waals surface area contributed by atoms with Gasteiger partial charge in [0.15, 0.2) is 10.8 Å². The number of hydrogen-bond donors (Lipinski definition) is 1. The number of fused-ring (bicyclic) bond motifs is 1. The van der Waals surface area contributed by atoms with E-state index in [0.717, 1.165) is 10.6 Å². The molecule has 0 aromatic carbocycles. The van der Waals surface area contributed by atoms with E-state index >= 15 is 0 Å². The number of carbonyl (C=O) groups excluding carboxylic acids is 1. The normalized spacial score (nSPS) is 11.0. The van der Waals surface area contributed by atoms with Crippen LogP contribution in [-0.4, -0.2) is 25.5 Å². The Bertz CT molecular complexity index is 1000. The molecule has 4 heterocycles. The quantitative estimate of drug-likeness (QED) is 0.619. The number of aromatic nitrogens is 4. The van der Waals surface area contributed by atoms with E-state index in [1.54, 1.807) is 40.4 Å². The Labute approximate surface area is 139 Å². The Morgan fingerprint density at radius 2 is 2.17 bits per heavy atom. The van der Waals surface area contributed by atoms with Crippen LogP contribution in [0.2, 0.25) is 0 Å². The zero-order chi connectivity index (χ0) is 15.8. The third-order valence-electron chi connectivity index (χ3n) is 3.27. The largest absolute Gasteiger partial charge is 0.298 e. The van der Waals surface area contributed by atoms with Crippen molar-refractivity contribution in [2.45, 2.75) is 6.92 Å². The van der Waals surface area contributed by atoms with E-state index in [1.807, 2.05) is 11.4 Å². The third-order valence-corrected chi connectivity index (χ3v) is 5.05. The van der Waals surface area contributed by atoms with Crippen molar-refractivity contribution < 1.29 is 4.79 Å². The Kier molecular flexibility index (Phi) is 3.40. The Morgan fingerprint density at radius 3 is 3.00 bits per heavy atom. The van der Waals surface area contributed by atoms with Crippen LogP contribution in [0.5, 0.6) is 0 Å². The Hall–Kier alpha value is -2.58. The lowest BCUT2D eigenvalue weighted by Gasteiger charge is -2.02. The van der Waals surface area contributed by atoms with Crippen molar-refractivity contribution in [2.75, 3.05) is 5.32 Å². The van der Waals surface area contributed by atoms with Gasteiger partial charge in [-0.25, -0.2) is 4.98 Å². The number of carbonyl (C=O) groups is 1. The molecule has 4 aromatic heterocycles. The third kappa shape index (κ3) is 2.73. The molecular weight excluding hydrogens is 330 g/mol. The summed E-state index contributed by atoms with van der Waals surface area (Å²) in [6.45, 7) is 2.06. The van der Waals surface area contributed by atoms with Gasteiger partial charge in [-0.1, -0.05) is 0 Å². The smallest absolute Gasteiger partial charge is 0.258 e. The van der Waals surface area contributed by atoms with Gasteiger partial charge in [-0.15, -0.1) is 32.9 Å². The van der Waals surface area contributed by atoms with Gasteiger partial charge in [0, 0.05) is 16.5 Å². The highest BCUT2D eigenvalue weighted by Crippen LogP contribution is 2.30. The summed E-state index contributed by atoms with van der Waals surface area (Å²) in [5.41, 5.74) is 2.12. The average Bonchev–Trinajstić information content (AvgIpc) is 3.26. The average molecular weight is 341 g/mol. The molecule has 0 saturated carbocycles. The minimum absolute atomic E-state index is 0.205. The lowest BCUT2D eigenvalue weighted by molar-refractivity contribution is 0.102. The number of amides is 1. The van der Waals surface area contributed by atoms with E-state index in [-0.39, 0.29) is 5.91 Å². The molecular formula is C15H11N5OS2. The van der Waals surface area contributed by atoms with Crippen molar-refractivity contribution in [3.05, 3.63) is 52.6 Å². The number of nitrogens with one attached hydrogen (secondary N) is 1. The summed E-state index contributed by atoms with van der Waals surface area (Å²) in [6, 6.07) is 7.58. The van der Waals surface area contributed by atoms with Crippen molar-refractivity contribution in [3.8, 4) is 10.6 Å². The van der Waals surface area contributed by atoms with Crippen molar-refractivity contribution in [1.82, 2.24) is 19.6 Å². The SMILES string of the molecule is Cc1ccc(-c2csc(NC(=O)c3ccc4nncn4c3)n2)s1. The van der Waals surface area contributed by atoms with Crippen LogP contribution in [0.15, 0.2) is 42.2 Å². The lowest BCUT2D eigenvalue weighted by atomic mass is 10.2. The first-order valence-corrected chi connectivity index (χ1v) is 8.52. The van der Waals surface area contributed by atoms with Crippen molar-refractivity contribution >= 4 is 39.4 Å². The van der Waals surface area contributed by atoms with Crippen LogP contribution in [-0.2, 0) is 0 Å². The lowest BCUT2D eigenvalue weighted by Crippen LogP contribution is -2.12. The first-order chi connectivity index (χ1) is 11.2. The van der Waals surface area contributed by atoms with Crippen LogP contribution in [0, 0.1) is 6.92 Å². The fraction of sp³-hybridized carbons (Fsp3) is 0.0667. The Balaban J connectivity index is 1.55. The van der Waals surface area contributed by atoms with Gasteiger partial charge < -0.3 is 0 Å². The number of hydrogen-bond acceptors (Lipinski definition) is 6. The summed E-state index contributed by atoms with van der Waals surface area (Å²) in [6.07, 6.45) is 3.26. The first kappa shape index (κ1) is 14.0. The molecule has 4 aromatic rings. The second-order valence-corrected chi connectivity index (χ2v) is 7.06. The molecule has 1 amide bonds. The molecule has 0 atom stereocenters. The molecule has 0 aliphatic heterocycles. The van der Waals surface area contributed by atoms with Gasteiger partial charge in [0.1, 0.15) is 6.33 Å². The van der Waals surface area contributed by atoms with Gasteiger partial charge in [0.2, 0.25) is 0 Å². The number of nitrogens with zero attached hydrogens (tertiary/aromatic N) is 4. The van der Waals surface area contributed by atoms with E-state index in [0.29, 0.717) is 16.3 Å². The molecule has 6 nitrogen and oxygen atoms in total. The molecule has 0 aliphatic rings. The van der Waals surface area contributed by atoms with Crippen LogP contribution >= 0.6 is 22.7 Å².